The van der Waals surface area contributed by atoms with Crippen LogP contribution in [0.5, 0.6) is 0 Å². The second kappa shape index (κ2) is 4.86. The van der Waals surface area contributed by atoms with Gasteiger partial charge in [0.05, 0.1) is 17.5 Å². The number of hydrogen-bond acceptors (Lipinski definition) is 3. The van der Waals surface area contributed by atoms with E-state index in [9.17, 15) is 4.79 Å². The highest BCUT2D eigenvalue weighted by Gasteiger charge is 2.25. The van der Waals surface area contributed by atoms with E-state index >= 15 is 0 Å². The second-order valence-corrected chi connectivity index (χ2v) is 4.87. The van der Waals surface area contributed by atoms with Crippen molar-refractivity contribution in [3.8, 4) is 0 Å². The molecule has 1 heterocycles. The Balaban J connectivity index is 2.25. The first-order chi connectivity index (χ1) is 8.53. The number of benzene rings is 1. The monoisotopic (exact) mass is 242 g/mol. The Morgan fingerprint density at radius 2 is 2.00 bits per heavy atom. The number of ketones is 1. The van der Waals surface area contributed by atoms with Crippen LogP contribution in [0.1, 0.15) is 26.0 Å². The molecule has 3 heteroatoms. The molecule has 2 rings (SSSR count). The minimum absolute atomic E-state index is 0.0350. The minimum Gasteiger partial charge on any atom is -0.319 e. The average Bonchev–Trinajstić information content (AvgIpc) is 2.38. The Morgan fingerprint density at radius 1 is 1.28 bits per heavy atom. The number of hydrogen-bond donors (Lipinski definition) is 1. The van der Waals surface area contributed by atoms with Crippen LogP contribution in [0.15, 0.2) is 36.4 Å². The maximum Gasteiger partial charge on any atom is 0.158 e. The summed E-state index contributed by atoms with van der Waals surface area (Å²) in [5.74, 6) is 0.0350. The van der Waals surface area contributed by atoms with Gasteiger partial charge in [0.15, 0.2) is 5.78 Å². The molecule has 1 atom stereocenters. The lowest BCUT2D eigenvalue weighted by Crippen LogP contribution is -2.45. The summed E-state index contributed by atoms with van der Waals surface area (Å²) in [5, 5.41) is 1.08. The summed E-state index contributed by atoms with van der Waals surface area (Å²) in [5.41, 5.74) is 6.88. The molecule has 3 nitrogen and oxygen atoms in total. The van der Waals surface area contributed by atoms with Crippen LogP contribution in [-0.4, -0.2) is 16.3 Å². The molecule has 0 aliphatic heterocycles. The van der Waals surface area contributed by atoms with Crippen molar-refractivity contribution in [3.63, 3.8) is 0 Å². The van der Waals surface area contributed by atoms with E-state index in [1.165, 1.54) is 0 Å². The van der Waals surface area contributed by atoms with Gasteiger partial charge in [-0.05, 0) is 25.5 Å². The molecule has 0 fully saturated rings. The standard InChI is InChI=1S/C15H18N2O/c1-3-15(2,16)14(18)10-12-9-8-11-6-4-5-7-13(11)17-12/h4-9H,3,10,16H2,1-2H3. The smallest absolute Gasteiger partial charge is 0.158 e. The molecular weight excluding hydrogens is 224 g/mol. The molecule has 0 saturated heterocycles. The largest absolute Gasteiger partial charge is 0.319 e. The normalized spacial score (nSPS) is 14.4. The van der Waals surface area contributed by atoms with E-state index in [1.807, 2.05) is 43.3 Å². The fourth-order valence-corrected chi connectivity index (χ4v) is 1.77. The number of carbonyl (C=O) groups is 1. The first-order valence-corrected chi connectivity index (χ1v) is 6.20. The van der Waals surface area contributed by atoms with Crippen LogP contribution in [0, 0.1) is 0 Å². The highest BCUT2D eigenvalue weighted by atomic mass is 16.1. The van der Waals surface area contributed by atoms with Gasteiger partial charge in [-0.15, -0.1) is 0 Å². The summed E-state index contributed by atoms with van der Waals surface area (Å²) >= 11 is 0. The third kappa shape index (κ3) is 2.57. The summed E-state index contributed by atoms with van der Waals surface area (Å²) in [6.45, 7) is 3.70. The molecule has 0 amide bonds. The number of nitrogens with zero attached hydrogens (tertiary/aromatic N) is 1. The van der Waals surface area contributed by atoms with Crippen LogP contribution >= 0.6 is 0 Å². The van der Waals surface area contributed by atoms with Gasteiger partial charge in [-0.3, -0.25) is 9.78 Å². The maximum absolute atomic E-state index is 12.0. The van der Waals surface area contributed by atoms with Crippen LogP contribution in [0.2, 0.25) is 0 Å². The molecule has 2 aromatic rings. The maximum atomic E-state index is 12.0. The van der Waals surface area contributed by atoms with E-state index in [0.29, 0.717) is 12.8 Å². The van der Waals surface area contributed by atoms with E-state index in [4.69, 9.17) is 5.73 Å². The summed E-state index contributed by atoms with van der Waals surface area (Å²) < 4.78 is 0. The fraction of sp³-hybridized carbons (Fsp3) is 0.333. The molecule has 1 aromatic heterocycles. The van der Waals surface area contributed by atoms with Crippen LogP contribution in [0.25, 0.3) is 10.9 Å². The van der Waals surface area contributed by atoms with Crippen LogP contribution in [-0.2, 0) is 11.2 Å². The molecule has 1 aromatic carbocycles. The van der Waals surface area contributed by atoms with Crippen molar-refractivity contribution < 1.29 is 4.79 Å². The van der Waals surface area contributed by atoms with Crippen molar-refractivity contribution in [3.05, 3.63) is 42.1 Å². The molecule has 2 N–H and O–H groups in total. The second-order valence-electron chi connectivity index (χ2n) is 4.87. The minimum atomic E-state index is -0.757. The topological polar surface area (TPSA) is 56.0 Å². The summed E-state index contributed by atoms with van der Waals surface area (Å²) in [4.78, 5) is 16.5. The van der Waals surface area contributed by atoms with Gasteiger partial charge in [-0.2, -0.15) is 0 Å². The SMILES string of the molecule is CCC(C)(N)C(=O)Cc1ccc2ccccc2n1. The number of fused-ring (bicyclic) bond motifs is 1. The van der Waals surface area contributed by atoms with Crippen LogP contribution in [0.3, 0.4) is 0 Å². The zero-order valence-electron chi connectivity index (χ0n) is 10.8. The molecule has 18 heavy (non-hydrogen) atoms. The molecule has 0 radical (unpaired) electrons. The fourth-order valence-electron chi connectivity index (χ4n) is 1.77. The Kier molecular flexibility index (Phi) is 3.43. The molecule has 0 saturated carbocycles. The highest BCUT2D eigenvalue weighted by Crippen LogP contribution is 2.14. The van der Waals surface area contributed by atoms with Crippen molar-refractivity contribution >= 4 is 16.7 Å². The molecule has 0 aliphatic rings. The third-order valence-electron chi connectivity index (χ3n) is 3.37. The van der Waals surface area contributed by atoms with E-state index in [2.05, 4.69) is 4.98 Å². The Morgan fingerprint density at radius 3 is 2.72 bits per heavy atom. The predicted molar refractivity (Wildman–Crippen MR) is 73.3 cm³/mol. The highest BCUT2D eigenvalue weighted by molar-refractivity contribution is 5.89. The van der Waals surface area contributed by atoms with Gasteiger partial charge in [-0.1, -0.05) is 31.2 Å². The van der Waals surface area contributed by atoms with Crippen molar-refractivity contribution in [2.75, 3.05) is 0 Å². The third-order valence-corrected chi connectivity index (χ3v) is 3.37. The zero-order valence-corrected chi connectivity index (χ0v) is 10.8. The van der Waals surface area contributed by atoms with Gasteiger partial charge in [0.1, 0.15) is 0 Å². The number of aromatic nitrogens is 1. The van der Waals surface area contributed by atoms with Gasteiger partial charge in [-0.25, -0.2) is 0 Å². The molecule has 0 aliphatic carbocycles. The molecule has 0 spiro atoms. The predicted octanol–water partition coefficient (Wildman–Crippen LogP) is 2.47. The zero-order chi connectivity index (χ0) is 13.2. The van der Waals surface area contributed by atoms with Crippen molar-refractivity contribution in [1.82, 2.24) is 4.98 Å². The van der Waals surface area contributed by atoms with Gasteiger partial charge in [0.2, 0.25) is 0 Å². The van der Waals surface area contributed by atoms with Crippen molar-refractivity contribution in [1.29, 1.82) is 0 Å². The van der Waals surface area contributed by atoms with Gasteiger partial charge in [0, 0.05) is 11.1 Å². The van der Waals surface area contributed by atoms with E-state index < -0.39 is 5.54 Å². The van der Waals surface area contributed by atoms with Gasteiger partial charge in [0.25, 0.3) is 0 Å². The number of nitrogens with two attached hydrogens (primary N) is 1. The molecule has 0 bridgehead atoms. The molecule has 94 valence electrons. The molecular formula is C15H18N2O. The average molecular weight is 242 g/mol. The van der Waals surface area contributed by atoms with Gasteiger partial charge < -0.3 is 5.73 Å². The quantitative estimate of drug-likeness (QED) is 0.896. The number of rotatable bonds is 4. The van der Waals surface area contributed by atoms with Crippen LogP contribution in [0.4, 0.5) is 0 Å². The summed E-state index contributed by atoms with van der Waals surface area (Å²) in [6, 6.07) is 11.8. The lowest BCUT2D eigenvalue weighted by atomic mass is 9.91. The lowest BCUT2D eigenvalue weighted by molar-refractivity contribution is -0.123. The van der Waals surface area contributed by atoms with Crippen molar-refractivity contribution in [2.45, 2.75) is 32.2 Å². The van der Waals surface area contributed by atoms with Crippen molar-refractivity contribution in [2.24, 2.45) is 5.73 Å². The Labute approximate surface area is 107 Å². The Hall–Kier alpha value is -1.74. The Bertz CT molecular complexity index is 575. The van der Waals surface area contributed by atoms with E-state index in [1.54, 1.807) is 6.92 Å². The first kappa shape index (κ1) is 12.7. The van der Waals surface area contributed by atoms with Gasteiger partial charge >= 0.3 is 0 Å². The first-order valence-electron chi connectivity index (χ1n) is 6.20. The number of carbonyl (C=O) groups excluding carboxylic acids is 1. The van der Waals surface area contributed by atoms with E-state index in [0.717, 1.165) is 16.6 Å². The molecule has 1 unspecified atom stereocenters. The lowest BCUT2D eigenvalue weighted by Gasteiger charge is -2.20. The number of Topliss-reactive ketones (excluding diaryl/α,β-unsaturated/α-hetero) is 1. The summed E-state index contributed by atoms with van der Waals surface area (Å²) in [6.07, 6.45) is 0.936. The number of pyridine rings is 1. The summed E-state index contributed by atoms with van der Waals surface area (Å²) in [7, 11) is 0. The van der Waals surface area contributed by atoms with Crippen LogP contribution < -0.4 is 5.73 Å². The number of para-hydroxylation sites is 1. The van der Waals surface area contributed by atoms with E-state index in [-0.39, 0.29) is 5.78 Å².